The second kappa shape index (κ2) is 9.40. The number of aliphatic hydroxyl groups excluding tert-OH is 1. The van der Waals surface area contributed by atoms with Gasteiger partial charge in [-0.15, -0.1) is 11.8 Å². The summed E-state index contributed by atoms with van der Waals surface area (Å²) in [5.74, 6) is 0.847. The van der Waals surface area contributed by atoms with Crippen LogP contribution in [0.1, 0.15) is 5.56 Å². The number of hydrogen-bond donors (Lipinski definition) is 1. The second-order valence-corrected chi connectivity index (χ2v) is 5.71. The highest BCUT2D eigenvalue weighted by Crippen LogP contribution is 2.16. The maximum Gasteiger partial charge on any atom is 0.0954 e. The quantitative estimate of drug-likeness (QED) is 0.592. The van der Waals surface area contributed by atoms with E-state index in [0.29, 0.717) is 13.2 Å². The van der Waals surface area contributed by atoms with Gasteiger partial charge in [0.2, 0.25) is 0 Å². The largest absolute Gasteiger partial charge is 0.387 e. The van der Waals surface area contributed by atoms with E-state index in [1.165, 1.54) is 4.90 Å². The minimum absolute atomic E-state index is 0.321. The smallest absolute Gasteiger partial charge is 0.0954 e. The van der Waals surface area contributed by atoms with Crippen LogP contribution in [0.25, 0.3) is 0 Å². The molecule has 2 aromatic carbocycles. The highest BCUT2D eigenvalue weighted by Gasteiger charge is 1.99. The Morgan fingerprint density at radius 1 is 1.00 bits per heavy atom. The van der Waals surface area contributed by atoms with E-state index in [1.54, 1.807) is 17.8 Å². The van der Waals surface area contributed by atoms with Gasteiger partial charge < -0.3 is 9.84 Å². The molecule has 0 amide bonds. The van der Waals surface area contributed by atoms with Crippen LogP contribution in [0, 0.1) is 0 Å². The van der Waals surface area contributed by atoms with Gasteiger partial charge >= 0.3 is 0 Å². The van der Waals surface area contributed by atoms with Gasteiger partial charge in [-0.05, 0) is 17.7 Å². The fourth-order valence-corrected chi connectivity index (χ4v) is 2.55. The van der Waals surface area contributed by atoms with Gasteiger partial charge in [-0.3, -0.25) is 0 Å². The van der Waals surface area contributed by atoms with Crippen molar-refractivity contribution in [1.29, 1.82) is 0 Å². The minimum atomic E-state index is -0.551. The Bertz CT molecular complexity index is 525. The maximum absolute atomic E-state index is 9.80. The lowest BCUT2D eigenvalue weighted by molar-refractivity contribution is 0.0503. The van der Waals surface area contributed by atoms with Crippen molar-refractivity contribution in [2.45, 2.75) is 17.6 Å². The second-order valence-electron chi connectivity index (χ2n) is 4.62. The van der Waals surface area contributed by atoms with Crippen molar-refractivity contribution in [1.82, 2.24) is 0 Å². The Kier molecular flexibility index (Phi) is 7.08. The van der Waals surface area contributed by atoms with Crippen molar-refractivity contribution in [3.05, 3.63) is 78.4 Å². The van der Waals surface area contributed by atoms with E-state index in [0.717, 1.165) is 11.3 Å². The predicted molar refractivity (Wildman–Crippen MR) is 88.4 cm³/mol. The summed E-state index contributed by atoms with van der Waals surface area (Å²) >= 11 is 1.74. The first-order valence-electron chi connectivity index (χ1n) is 6.99. The fourth-order valence-electron chi connectivity index (χ4n) is 1.80. The van der Waals surface area contributed by atoms with Crippen LogP contribution < -0.4 is 0 Å². The van der Waals surface area contributed by atoms with Crippen LogP contribution in [-0.2, 0) is 11.3 Å². The molecule has 1 atom stereocenters. The molecule has 0 radical (unpaired) electrons. The number of thioether (sulfide) groups is 1. The summed E-state index contributed by atoms with van der Waals surface area (Å²) in [6.07, 6.45) is 3.22. The first-order chi connectivity index (χ1) is 10.3. The number of aliphatic hydroxyl groups is 1. The summed E-state index contributed by atoms with van der Waals surface area (Å²) in [6.45, 7) is 0.853. The lowest BCUT2D eigenvalue weighted by Crippen LogP contribution is -2.12. The van der Waals surface area contributed by atoms with Gasteiger partial charge in [-0.2, -0.15) is 0 Å². The zero-order chi connectivity index (χ0) is 14.8. The molecular weight excluding hydrogens is 280 g/mol. The summed E-state index contributed by atoms with van der Waals surface area (Å²) in [6, 6.07) is 20.2. The molecule has 0 bridgehead atoms. The summed E-state index contributed by atoms with van der Waals surface area (Å²) in [7, 11) is 0. The molecule has 0 saturated heterocycles. The lowest BCUT2D eigenvalue weighted by atomic mass is 10.2. The molecule has 0 unspecified atom stereocenters. The average molecular weight is 300 g/mol. The lowest BCUT2D eigenvalue weighted by Gasteiger charge is -2.07. The van der Waals surface area contributed by atoms with Crippen molar-refractivity contribution in [2.24, 2.45) is 0 Å². The van der Waals surface area contributed by atoms with Crippen molar-refractivity contribution in [3.8, 4) is 0 Å². The van der Waals surface area contributed by atoms with Crippen LogP contribution in [0.2, 0.25) is 0 Å². The van der Waals surface area contributed by atoms with Gasteiger partial charge in [-0.25, -0.2) is 0 Å². The summed E-state index contributed by atoms with van der Waals surface area (Å²) < 4.78 is 5.49. The van der Waals surface area contributed by atoms with E-state index in [1.807, 2.05) is 54.6 Å². The third-order valence-electron chi connectivity index (χ3n) is 2.85. The fraction of sp³-hybridized carbons (Fsp3) is 0.222. The van der Waals surface area contributed by atoms with Gasteiger partial charge in [0.15, 0.2) is 0 Å². The molecule has 0 fully saturated rings. The molecule has 21 heavy (non-hydrogen) atoms. The van der Waals surface area contributed by atoms with Gasteiger partial charge in [0.05, 0.1) is 19.3 Å². The molecule has 2 aromatic rings. The van der Waals surface area contributed by atoms with Crippen molar-refractivity contribution >= 4 is 11.8 Å². The van der Waals surface area contributed by atoms with Gasteiger partial charge in [0, 0.05) is 10.6 Å². The van der Waals surface area contributed by atoms with E-state index < -0.39 is 6.10 Å². The molecule has 0 heterocycles. The monoisotopic (exact) mass is 300 g/mol. The Hall–Kier alpha value is -1.55. The Morgan fingerprint density at radius 3 is 2.38 bits per heavy atom. The Morgan fingerprint density at radius 2 is 1.67 bits per heavy atom. The molecule has 0 spiro atoms. The Labute approximate surface area is 130 Å². The molecule has 1 N–H and O–H groups in total. The SMILES string of the molecule is O[C@H](/C=C/CSc1ccccc1)COCc1ccccc1. The molecular formula is C18H20O2S. The highest BCUT2D eigenvalue weighted by atomic mass is 32.2. The molecule has 0 saturated carbocycles. The summed E-state index contributed by atoms with van der Waals surface area (Å²) in [5, 5.41) is 9.80. The third-order valence-corrected chi connectivity index (χ3v) is 3.81. The Balaban J connectivity index is 1.60. The first kappa shape index (κ1) is 15.8. The van der Waals surface area contributed by atoms with Crippen molar-refractivity contribution in [3.63, 3.8) is 0 Å². The van der Waals surface area contributed by atoms with E-state index in [-0.39, 0.29) is 0 Å². The minimum Gasteiger partial charge on any atom is -0.387 e. The number of ether oxygens (including phenoxy) is 1. The standard InChI is InChI=1S/C18H20O2S/c19-17(15-20-14-16-8-3-1-4-9-16)10-7-13-21-18-11-5-2-6-12-18/h1-12,17,19H,13-15H2/b10-7+/t17-/m1/s1. The molecule has 110 valence electrons. The van der Waals surface area contributed by atoms with Gasteiger partial charge in [-0.1, -0.05) is 60.7 Å². The zero-order valence-corrected chi connectivity index (χ0v) is 12.7. The van der Waals surface area contributed by atoms with Gasteiger partial charge in [0.25, 0.3) is 0 Å². The molecule has 0 aliphatic carbocycles. The topological polar surface area (TPSA) is 29.5 Å². The molecule has 2 rings (SSSR count). The first-order valence-corrected chi connectivity index (χ1v) is 7.97. The number of benzene rings is 2. The molecule has 0 aliphatic rings. The maximum atomic E-state index is 9.80. The molecule has 2 nitrogen and oxygen atoms in total. The average Bonchev–Trinajstić information content (AvgIpc) is 2.54. The molecule has 0 aromatic heterocycles. The van der Waals surface area contributed by atoms with Crippen LogP contribution in [0.4, 0.5) is 0 Å². The molecule has 3 heteroatoms. The zero-order valence-electron chi connectivity index (χ0n) is 11.9. The van der Waals surface area contributed by atoms with Crippen LogP contribution in [0.3, 0.4) is 0 Å². The van der Waals surface area contributed by atoms with Crippen LogP contribution >= 0.6 is 11.8 Å². The van der Waals surface area contributed by atoms with Crippen molar-refractivity contribution in [2.75, 3.05) is 12.4 Å². The van der Waals surface area contributed by atoms with E-state index >= 15 is 0 Å². The third kappa shape index (κ3) is 6.63. The molecule has 0 aliphatic heterocycles. The number of rotatable bonds is 8. The van der Waals surface area contributed by atoms with Crippen LogP contribution in [0.15, 0.2) is 77.7 Å². The van der Waals surface area contributed by atoms with Crippen LogP contribution in [-0.4, -0.2) is 23.6 Å². The normalized spacial score (nSPS) is 12.6. The summed E-state index contributed by atoms with van der Waals surface area (Å²) in [4.78, 5) is 1.23. The highest BCUT2D eigenvalue weighted by molar-refractivity contribution is 7.99. The van der Waals surface area contributed by atoms with Gasteiger partial charge in [0.1, 0.15) is 0 Å². The number of hydrogen-bond acceptors (Lipinski definition) is 3. The van der Waals surface area contributed by atoms with E-state index in [9.17, 15) is 5.11 Å². The van der Waals surface area contributed by atoms with Crippen molar-refractivity contribution < 1.29 is 9.84 Å². The predicted octanol–water partition coefficient (Wildman–Crippen LogP) is 3.91. The van der Waals surface area contributed by atoms with E-state index in [4.69, 9.17) is 4.74 Å². The summed E-state index contributed by atoms with van der Waals surface area (Å²) in [5.41, 5.74) is 1.12. The van der Waals surface area contributed by atoms with Crippen LogP contribution in [0.5, 0.6) is 0 Å². The van der Waals surface area contributed by atoms with E-state index in [2.05, 4.69) is 12.1 Å².